The second-order valence-electron chi connectivity index (χ2n) is 3.99. The number of thiophene rings is 1. The zero-order valence-corrected chi connectivity index (χ0v) is 11.5. The first-order valence-corrected chi connectivity index (χ1v) is 7.15. The summed E-state index contributed by atoms with van der Waals surface area (Å²) in [7, 11) is 0. The summed E-state index contributed by atoms with van der Waals surface area (Å²) in [5.41, 5.74) is 6.09. The monoisotopic (exact) mass is 257 g/mol. The number of ether oxygens (including phenoxy) is 2. The first-order chi connectivity index (χ1) is 8.29. The van der Waals surface area contributed by atoms with Gasteiger partial charge in [-0.2, -0.15) is 0 Å². The molecule has 0 saturated carbocycles. The summed E-state index contributed by atoms with van der Waals surface area (Å²) in [4.78, 5) is 1.20. The van der Waals surface area contributed by atoms with Crippen molar-refractivity contribution in [1.29, 1.82) is 0 Å². The van der Waals surface area contributed by atoms with Crippen LogP contribution in [0.5, 0.6) is 0 Å². The average Bonchev–Trinajstić information content (AvgIpc) is 2.86. The summed E-state index contributed by atoms with van der Waals surface area (Å²) in [5.74, 6) is 0. The Morgan fingerprint density at radius 1 is 1.29 bits per heavy atom. The molecule has 0 spiro atoms. The number of hydrogen-bond donors (Lipinski definition) is 1. The zero-order valence-electron chi connectivity index (χ0n) is 10.7. The van der Waals surface area contributed by atoms with Crippen LogP contribution in [0.4, 0.5) is 0 Å². The van der Waals surface area contributed by atoms with Crippen LogP contribution in [0, 0.1) is 0 Å². The minimum absolute atomic E-state index is 0.00484. The summed E-state index contributed by atoms with van der Waals surface area (Å²) >= 11 is 1.70. The molecule has 0 aliphatic heterocycles. The fraction of sp³-hybridized carbons (Fsp3) is 0.692. The molecule has 0 aliphatic rings. The summed E-state index contributed by atoms with van der Waals surface area (Å²) in [6.45, 7) is 6.24. The van der Waals surface area contributed by atoms with Gasteiger partial charge in [0.1, 0.15) is 6.10 Å². The van der Waals surface area contributed by atoms with Crippen LogP contribution in [-0.4, -0.2) is 25.9 Å². The summed E-state index contributed by atoms with van der Waals surface area (Å²) in [5, 5.41) is 2.06. The Hall–Kier alpha value is -0.420. The first-order valence-electron chi connectivity index (χ1n) is 6.27. The first kappa shape index (κ1) is 14.6. The number of hydrogen-bond acceptors (Lipinski definition) is 4. The molecule has 1 aromatic heterocycles. The van der Waals surface area contributed by atoms with E-state index in [2.05, 4.69) is 25.3 Å². The Morgan fingerprint density at radius 3 is 2.71 bits per heavy atom. The largest absolute Gasteiger partial charge is 0.379 e. The lowest BCUT2D eigenvalue weighted by Crippen LogP contribution is -2.29. The molecule has 1 aromatic rings. The molecule has 17 heavy (non-hydrogen) atoms. The molecule has 0 fully saturated rings. The molecule has 2 N–H and O–H groups in total. The molecule has 0 aromatic carbocycles. The SMILES string of the molecule is CCCOCCOC(c1cccs1)C(N)CC. The van der Waals surface area contributed by atoms with Crippen molar-refractivity contribution in [2.24, 2.45) is 5.73 Å². The van der Waals surface area contributed by atoms with Gasteiger partial charge in [-0.15, -0.1) is 11.3 Å². The third-order valence-electron chi connectivity index (χ3n) is 2.56. The molecule has 3 nitrogen and oxygen atoms in total. The van der Waals surface area contributed by atoms with Gasteiger partial charge in [0.15, 0.2) is 0 Å². The Morgan fingerprint density at radius 2 is 2.12 bits per heavy atom. The maximum absolute atomic E-state index is 6.09. The molecule has 0 radical (unpaired) electrons. The van der Waals surface area contributed by atoms with E-state index in [1.165, 1.54) is 4.88 Å². The highest BCUT2D eigenvalue weighted by Gasteiger charge is 2.19. The van der Waals surface area contributed by atoms with E-state index in [4.69, 9.17) is 15.2 Å². The molecule has 4 heteroatoms. The Kier molecular flexibility index (Phi) is 7.44. The molecule has 1 heterocycles. The Labute approximate surface area is 108 Å². The van der Waals surface area contributed by atoms with E-state index in [-0.39, 0.29) is 12.1 Å². The van der Waals surface area contributed by atoms with E-state index >= 15 is 0 Å². The minimum Gasteiger partial charge on any atom is -0.379 e. The molecule has 0 aliphatic carbocycles. The van der Waals surface area contributed by atoms with E-state index in [1.54, 1.807) is 11.3 Å². The van der Waals surface area contributed by atoms with E-state index in [0.717, 1.165) is 19.4 Å². The molecule has 1 rings (SSSR count). The van der Waals surface area contributed by atoms with Gasteiger partial charge in [-0.3, -0.25) is 0 Å². The van der Waals surface area contributed by atoms with Crippen LogP contribution in [0.2, 0.25) is 0 Å². The molecule has 0 saturated heterocycles. The van der Waals surface area contributed by atoms with Crippen LogP contribution in [0.25, 0.3) is 0 Å². The smallest absolute Gasteiger partial charge is 0.107 e. The van der Waals surface area contributed by atoms with Crippen LogP contribution in [0.1, 0.15) is 37.7 Å². The number of rotatable bonds is 9. The van der Waals surface area contributed by atoms with Gasteiger partial charge >= 0.3 is 0 Å². The Balaban J connectivity index is 2.37. The van der Waals surface area contributed by atoms with E-state index < -0.39 is 0 Å². The highest BCUT2D eigenvalue weighted by atomic mass is 32.1. The van der Waals surface area contributed by atoms with Gasteiger partial charge in [-0.1, -0.05) is 19.9 Å². The third-order valence-corrected chi connectivity index (χ3v) is 3.49. The Bertz CT molecular complexity index is 277. The molecule has 0 amide bonds. The minimum atomic E-state index is 0.00484. The van der Waals surface area contributed by atoms with Gasteiger partial charge in [0.05, 0.1) is 13.2 Å². The quantitative estimate of drug-likeness (QED) is 0.692. The fourth-order valence-corrected chi connectivity index (χ4v) is 2.41. The molecular weight excluding hydrogens is 234 g/mol. The molecule has 98 valence electrons. The van der Waals surface area contributed by atoms with Gasteiger partial charge in [-0.05, 0) is 24.3 Å². The number of nitrogens with two attached hydrogens (primary N) is 1. The van der Waals surface area contributed by atoms with Crippen LogP contribution in [0.15, 0.2) is 17.5 Å². The summed E-state index contributed by atoms with van der Waals surface area (Å²) < 4.78 is 11.2. The standard InChI is InChI=1S/C13H23NO2S/c1-3-7-15-8-9-16-13(11(14)4-2)12-6-5-10-17-12/h5-6,10-11,13H,3-4,7-9,14H2,1-2H3. The van der Waals surface area contributed by atoms with Crippen molar-refractivity contribution in [3.63, 3.8) is 0 Å². The molecule has 2 atom stereocenters. The lowest BCUT2D eigenvalue weighted by Gasteiger charge is -2.22. The predicted octanol–water partition coefficient (Wildman–Crippen LogP) is 2.97. The predicted molar refractivity (Wildman–Crippen MR) is 72.4 cm³/mol. The van der Waals surface area contributed by atoms with Crippen molar-refractivity contribution in [2.75, 3.05) is 19.8 Å². The average molecular weight is 257 g/mol. The van der Waals surface area contributed by atoms with E-state index in [9.17, 15) is 0 Å². The van der Waals surface area contributed by atoms with Gasteiger partial charge in [0.2, 0.25) is 0 Å². The lowest BCUT2D eigenvalue weighted by molar-refractivity contribution is -0.00608. The van der Waals surface area contributed by atoms with Gasteiger partial charge in [-0.25, -0.2) is 0 Å². The van der Waals surface area contributed by atoms with E-state index in [1.807, 2.05) is 6.07 Å². The zero-order chi connectivity index (χ0) is 12.5. The molecule has 0 bridgehead atoms. The second-order valence-corrected chi connectivity index (χ2v) is 4.97. The van der Waals surface area contributed by atoms with Crippen molar-refractivity contribution in [2.45, 2.75) is 38.8 Å². The topological polar surface area (TPSA) is 44.5 Å². The highest BCUT2D eigenvalue weighted by molar-refractivity contribution is 7.10. The van der Waals surface area contributed by atoms with Gasteiger partial charge < -0.3 is 15.2 Å². The third kappa shape index (κ3) is 5.17. The van der Waals surface area contributed by atoms with Crippen LogP contribution in [-0.2, 0) is 9.47 Å². The fourth-order valence-electron chi connectivity index (χ4n) is 1.56. The maximum Gasteiger partial charge on any atom is 0.107 e. The summed E-state index contributed by atoms with van der Waals surface area (Å²) in [6.07, 6.45) is 1.96. The molecular formula is C13H23NO2S. The summed E-state index contributed by atoms with van der Waals surface area (Å²) in [6, 6.07) is 4.17. The van der Waals surface area contributed by atoms with Crippen LogP contribution >= 0.6 is 11.3 Å². The highest BCUT2D eigenvalue weighted by Crippen LogP contribution is 2.26. The van der Waals surface area contributed by atoms with Gasteiger partial charge in [0.25, 0.3) is 0 Å². The van der Waals surface area contributed by atoms with Crippen molar-refractivity contribution >= 4 is 11.3 Å². The van der Waals surface area contributed by atoms with Crippen molar-refractivity contribution in [3.05, 3.63) is 22.4 Å². The normalized spacial score (nSPS) is 14.8. The van der Waals surface area contributed by atoms with Crippen molar-refractivity contribution in [1.82, 2.24) is 0 Å². The second kappa shape index (κ2) is 8.64. The van der Waals surface area contributed by atoms with Crippen molar-refractivity contribution in [3.8, 4) is 0 Å². The van der Waals surface area contributed by atoms with Crippen LogP contribution in [0.3, 0.4) is 0 Å². The van der Waals surface area contributed by atoms with E-state index in [0.29, 0.717) is 13.2 Å². The van der Waals surface area contributed by atoms with Crippen molar-refractivity contribution < 1.29 is 9.47 Å². The van der Waals surface area contributed by atoms with Gasteiger partial charge in [0, 0.05) is 17.5 Å². The maximum atomic E-state index is 6.09. The van der Waals surface area contributed by atoms with Crippen LogP contribution < -0.4 is 5.73 Å². The lowest BCUT2D eigenvalue weighted by atomic mass is 10.1. The molecule has 2 unspecified atom stereocenters.